The number of aryl methyl sites for hydroxylation is 1. The smallest absolute Gasteiger partial charge is 0.336 e. The summed E-state index contributed by atoms with van der Waals surface area (Å²) >= 11 is 6.15. The van der Waals surface area contributed by atoms with Crippen LogP contribution in [0.3, 0.4) is 0 Å². The Kier molecular flexibility index (Phi) is 6.32. The third-order valence-corrected chi connectivity index (χ3v) is 4.74. The number of fused-ring (bicyclic) bond motifs is 1. The summed E-state index contributed by atoms with van der Waals surface area (Å²) in [6.45, 7) is 1.50. The zero-order valence-corrected chi connectivity index (χ0v) is 17.3. The average Bonchev–Trinajstić information content (AvgIpc) is 2.72. The number of hydrogen-bond acceptors (Lipinski definition) is 7. The van der Waals surface area contributed by atoms with Crippen LogP contribution in [-0.2, 0) is 16.1 Å². The van der Waals surface area contributed by atoms with Crippen LogP contribution in [0.5, 0.6) is 17.2 Å². The summed E-state index contributed by atoms with van der Waals surface area (Å²) in [5.41, 5.74) is 1.18. The molecule has 7 nitrogen and oxygen atoms in total. The molecule has 30 heavy (non-hydrogen) atoms. The number of halogens is 1. The van der Waals surface area contributed by atoms with Crippen LogP contribution in [-0.4, -0.2) is 25.3 Å². The lowest BCUT2D eigenvalue weighted by atomic mass is 10.1. The monoisotopic (exact) mass is 430 g/mol. The van der Waals surface area contributed by atoms with Gasteiger partial charge in [0.25, 0.3) is 0 Å². The predicted octanol–water partition coefficient (Wildman–Crippen LogP) is 4.23. The van der Waals surface area contributed by atoms with Crippen LogP contribution < -0.4 is 15.1 Å². The fraction of sp³-hybridized carbons (Fsp3) is 0.182. The van der Waals surface area contributed by atoms with E-state index in [1.165, 1.54) is 38.5 Å². The normalized spacial score (nSPS) is 11.1. The van der Waals surface area contributed by atoms with Crippen molar-refractivity contribution >= 4 is 34.6 Å². The molecule has 0 spiro atoms. The number of benzene rings is 2. The van der Waals surface area contributed by atoms with E-state index in [4.69, 9.17) is 30.2 Å². The Morgan fingerprint density at radius 3 is 2.67 bits per heavy atom. The fourth-order valence-electron chi connectivity index (χ4n) is 2.93. The van der Waals surface area contributed by atoms with Crippen molar-refractivity contribution in [3.05, 3.63) is 68.5 Å². The first kappa shape index (κ1) is 21.3. The predicted molar refractivity (Wildman–Crippen MR) is 112 cm³/mol. The van der Waals surface area contributed by atoms with Crippen LogP contribution in [0.1, 0.15) is 16.7 Å². The summed E-state index contributed by atoms with van der Waals surface area (Å²) < 4.78 is 20.8. The lowest BCUT2D eigenvalue weighted by Gasteiger charge is -2.10. The molecular weight excluding hydrogens is 412 g/mol. The van der Waals surface area contributed by atoms with Crippen molar-refractivity contribution in [1.82, 2.24) is 0 Å². The molecule has 0 aliphatic rings. The second-order valence-corrected chi connectivity index (χ2v) is 6.76. The van der Waals surface area contributed by atoms with Crippen LogP contribution in [0.4, 0.5) is 0 Å². The minimum absolute atomic E-state index is 0.0105. The number of methoxy groups -OCH3 is 2. The van der Waals surface area contributed by atoms with Gasteiger partial charge >= 0.3 is 11.6 Å². The number of aromatic hydroxyl groups is 1. The second-order valence-electron chi connectivity index (χ2n) is 6.36. The van der Waals surface area contributed by atoms with Gasteiger partial charge in [0.2, 0.25) is 0 Å². The first-order valence-corrected chi connectivity index (χ1v) is 9.23. The number of phenolic OH excluding ortho intramolecular Hbond substituents is 1. The van der Waals surface area contributed by atoms with Gasteiger partial charge in [-0.15, -0.1) is 0 Å². The lowest BCUT2D eigenvalue weighted by molar-refractivity contribution is -0.138. The largest absolute Gasteiger partial charge is 0.508 e. The lowest BCUT2D eigenvalue weighted by Crippen LogP contribution is -2.06. The van der Waals surface area contributed by atoms with Gasteiger partial charge in [0.05, 0.1) is 19.2 Å². The molecule has 156 valence electrons. The van der Waals surface area contributed by atoms with E-state index in [0.717, 1.165) is 0 Å². The molecular formula is C22H19ClO7. The van der Waals surface area contributed by atoms with Gasteiger partial charge in [-0.25, -0.2) is 9.59 Å². The van der Waals surface area contributed by atoms with Gasteiger partial charge in [-0.05, 0) is 42.8 Å². The van der Waals surface area contributed by atoms with Crippen LogP contribution >= 0.6 is 11.6 Å². The van der Waals surface area contributed by atoms with Crippen molar-refractivity contribution in [2.45, 2.75) is 13.5 Å². The molecule has 3 aromatic rings. The maximum absolute atomic E-state index is 12.2. The van der Waals surface area contributed by atoms with E-state index in [2.05, 4.69) is 0 Å². The Balaban J connectivity index is 1.78. The Hall–Kier alpha value is -3.45. The van der Waals surface area contributed by atoms with Gasteiger partial charge in [-0.2, -0.15) is 0 Å². The first-order chi connectivity index (χ1) is 14.3. The number of carbonyl (C=O) groups excluding carboxylic acids is 1. The van der Waals surface area contributed by atoms with Crippen molar-refractivity contribution in [2.24, 2.45) is 0 Å². The molecule has 0 saturated carbocycles. The van der Waals surface area contributed by atoms with E-state index < -0.39 is 11.6 Å². The van der Waals surface area contributed by atoms with Crippen molar-refractivity contribution in [3.8, 4) is 17.2 Å². The highest BCUT2D eigenvalue weighted by Gasteiger charge is 2.13. The Morgan fingerprint density at radius 1 is 1.20 bits per heavy atom. The zero-order chi connectivity index (χ0) is 21.8. The number of phenols is 1. The molecule has 1 aromatic heterocycles. The Bertz CT molecular complexity index is 1190. The maximum atomic E-state index is 12.2. The van der Waals surface area contributed by atoms with E-state index in [0.29, 0.717) is 38.6 Å². The van der Waals surface area contributed by atoms with E-state index in [9.17, 15) is 14.7 Å². The molecule has 8 heteroatoms. The van der Waals surface area contributed by atoms with E-state index in [-0.39, 0.29) is 17.9 Å². The minimum atomic E-state index is -0.613. The fourth-order valence-corrected chi connectivity index (χ4v) is 3.23. The highest BCUT2D eigenvalue weighted by Crippen LogP contribution is 2.36. The topological polar surface area (TPSA) is 95.2 Å². The second kappa shape index (κ2) is 8.92. The summed E-state index contributed by atoms with van der Waals surface area (Å²) in [5.74, 6) is 0.225. The van der Waals surface area contributed by atoms with Gasteiger partial charge in [0.15, 0.2) is 11.5 Å². The number of ether oxygens (including phenoxy) is 3. The quantitative estimate of drug-likeness (QED) is 0.355. The van der Waals surface area contributed by atoms with Gasteiger partial charge in [0, 0.05) is 28.7 Å². The van der Waals surface area contributed by atoms with Gasteiger partial charge in [-0.3, -0.25) is 0 Å². The Labute approximate surface area is 177 Å². The molecule has 0 saturated heterocycles. The Morgan fingerprint density at radius 2 is 1.97 bits per heavy atom. The van der Waals surface area contributed by atoms with Crippen molar-refractivity contribution < 1.29 is 28.5 Å². The van der Waals surface area contributed by atoms with Gasteiger partial charge in [0.1, 0.15) is 17.9 Å². The van der Waals surface area contributed by atoms with Crippen LogP contribution in [0.15, 0.2) is 45.6 Å². The highest BCUT2D eigenvalue weighted by molar-refractivity contribution is 6.32. The summed E-state index contributed by atoms with van der Waals surface area (Å²) in [5, 5.41) is 10.7. The third kappa shape index (κ3) is 4.41. The zero-order valence-electron chi connectivity index (χ0n) is 16.5. The molecule has 3 rings (SSSR count). The number of rotatable bonds is 6. The number of hydrogen-bond donors (Lipinski definition) is 1. The van der Waals surface area contributed by atoms with Crippen molar-refractivity contribution in [3.63, 3.8) is 0 Å². The molecule has 0 aliphatic carbocycles. The molecule has 0 amide bonds. The maximum Gasteiger partial charge on any atom is 0.336 e. The van der Waals surface area contributed by atoms with Gasteiger partial charge in [-0.1, -0.05) is 11.6 Å². The number of carbonyl (C=O) groups is 1. The van der Waals surface area contributed by atoms with Gasteiger partial charge < -0.3 is 23.7 Å². The van der Waals surface area contributed by atoms with Crippen molar-refractivity contribution in [1.29, 1.82) is 0 Å². The van der Waals surface area contributed by atoms with Crippen molar-refractivity contribution in [2.75, 3.05) is 14.2 Å². The molecule has 2 aromatic carbocycles. The molecule has 0 fully saturated rings. The number of esters is 1. The summed E-state index contributed by atoms with van der Waals surface area (Å²) in [6.07, 6.45) is 2.76. The SMILES string of the molecule is COc1cc(/C=C/C(=O)OCc2cc(=O)oc3c(C)c(O)ccc23)cc(Cl)c1OC. The van der Waals surface area contributed by atoms with Crippen LogP contribution in [0.2, 0.25) is 5.02 Å². The summed E-state index contributed by atoms with van der Waals surface area (Å²) in [6, 6.07) is 7.64. The molecule has 1 N–H and O–H groups in total. The van der Waals surface area contributed by atoms with E-state index in [1.807, 2.05) is 0 Å². The summed E-state index contributed by atoms with van der Waals surface area (Å²) in [7, 11) is 2.96. The minimum Gasteiger partial charge on any atom is -0.508 e. The standard InChI is InChI=1S/C22H19ClO7/c1-12-17(24)6-5-15-14(10-20(26)30-21(12)15)11-29-19(25)7-4-13-8-16(23)22(28-3)18(9-13)27-2/h4-10,24H,11H2,1-3H3/b7-4+. The average molecular weight is 431 g/mol. The van der Waals surface area contributed by atoms with Crippen LogP contribution in [0.25, 0.3) is 17.0 Å². The van der Waals surface area contributed by atoms with E-state index >= 15 is 0 Å². The highest BCUT2D eigenvalue weighted by atomic mass is 35.5. The molecule has 0 aliphatic heterocycles. The molecule has 0 atom stereocenters. The molecule has 0 unspecified atom stereocenters. The van der Waals surface area contributed by atoms with E-state index in [1.54, 1.807) is 25.1 Å². The third-order valence-electron chi connectivity index (χ3n) is 4.46. The van der Waals surface area contributed by atoms with Crippen LogP contribution in [0, 0.1) is 6.92 Å². The summed E-state index contributed by atoms with van der Waals surface area (Å²) in [4.78, 5) is 24.0. The first-order valence-electron chi connectivity index (χ1n) is 8.85. The molecule has 0 radical (unpaired) electrons. The molecule has 0 bridgehead atoms. The molecule has 1 heterocycles.